The highest BCUT2D eigenvalue weighted by atomic mass is 32.2. The molecule has 3 aromatic heterocycles. The molecule has 3 rings (SSSR count). The van der Waals surface area contributed by atoms with E-state index in [0.29, 0.717) is 42.3 Å². The largest absolute Gasteiger partial charge is 0.479 e. The minimum Gasteiger partial charge on any atom is -0.479 e. The molecule has 28 heavy (non-hydrogen) atoms. The molecule has 0 unspecified atom stereocenters. The van der Waals surface area contributed by atoms with Crippen molar-refractivity contribution in [2.24, 2.45) is 7.05 Å². The Morgan fingerprint density at radius 2 is 2.21 bits per heavy atom. The van der Waals surface area contributed by atoms with Crippen LogP contribution in [0.2, 0.25) is 0 Å². The lowest BCUT2D eigenvalue weighted by Crippen LogP contribution is -2.24. The van der Waals surface area contributed by atoms with Crippen LogP contribution in [-0.4, -0.2) is 57.0 Å². The normalized spacial score (nSPS) is 11.0. The highest BCUT2D eigenvalue weighted by molar-refractivity contribution is 7.99. The molecule has 0 radical (unpaired) electrons. The molecular weight excluding hydrogens is 384 g/mol. The number of thioether (sulfide) groups is 1. The molecule has 0 spiro atoms. The van der Waals surface area contributed by atoms with E-state index >= 15 is 0 Å². The van der Waals surface area contributed by atoms with E-state index in [1.165, 1.54) is 11.8 Å². The van der Waals surface area contributed by atoms with Gasteiger partial charge in [0.15, 0.2) is 11.0 Å². The molecular formula is C17H22N6O4S. The van der Waals surface area contributed by atoms with Crippen LogP contribution in [0.5, 0.6) is 5.88 Å². The first-order valence-electron chi connectivity index (χ1n) is 8.54. The van der Waals surface area contributed by atoms with Gasteiger partial charge < -0.3 is 19.2 Å². The summed E-state index contributed by atoms with van der Waals surface area (Å²) >= 11 is 1.30. The first kappa shape index (κ1) is 20.0. The number of rotatable bonds is 10. The van der Waals surface area contributed by atoms with Crippen LogP contribution in [0.4, 0.5) is 0 Å². The molecule has 0 aromatic carbocycles. The molecule has 0 fully saturated rings. The van der Waals surface area contributed by atoms with Crippen molar-refractivity contribution in [2.75, 3.05) is 26.6 Å². The lowest BCUT2D eigenvalue weighted by molar-refractivity contribution is -0.118. The summed E-state index contributed by atoms with van der Waals surface area (Å²) < 4.78 is 19.3. The van der Waals surface area contributed by atoms with Crippen LogP contribution >= 0.6 is 11.8 Å². The zero-order valence-electron chi connectivity index (χ0n) is 15.9. The summed E-state index contributed by atoms with van der Waals surface area (Å²) in [5.74, 6) is 1.85. The molecule has 0 aliphatic heterocycles. The van der Waals surface area contributed by atoms with Crippen LogP contribution in [-0.2, 0) is 29.7 Å². The van der Waals surface area contributed by atoms with Crippen molar-refractivity contribution >= 4 is 17.7 Å². The van der Waals surface area contributed by atoms with Gasteiger partial charge in [-0.15, -0.1) is 15.3 Å². The van der Waals surface area contributed by atoms with Gasteiger partial charge in [-0.25, -0.2) is 0 Å². The number of amides is 1. The minimum atomic E-state index is -0.122. The van der Waals surface area contributed by atoms with Crippen LogP contribution < -0.4 is 10.1 Å². The number of methoxy groups -OCH3 is 2. The molecule has 150 valence electrons. The Bertz CT molecular complexity index is 905. The number of aromatic nitrogens is 5. The second-order valence-corrected chi connectivity index (χ2v) is 6.76. The molecule has 0 aliphatic carbocycles. The molecule has 0 saturated carbocycles. The number of carbonyl (C=O) groups is 1. The summed E-state index contributed by atoms with van der Waals surface area (Å²) in [6.45, 7) is 1.36. The minimum absolute atomic E-state index is 0.122. The number of furan rings is 1. The highest BCUT2D eigenvalue weighted by Gasteiger charge is 2.20. The fraction of sp³-hybridized carbons (Fsp3) is 0.412. The quantitative estimate of drug-likeness (QED) is 0.502. The number of ether oxygens (including phenoxy) is 2. The third-order valence-corrected chi connectivity index (χ3v) is 4.80. The smallest absolute Gasteiger partial charge is 0.243 e. The van der Waals surface area contributed by atoms with Gasteiger partial charge in [-0.3, -0.25) is 14.0 Å². The maximum atomic E-state index is 12.1. The third-order valence-electron chi connectivity index (χ3n) is 3.84. The molecule has 0 aliphatic rings. The standard InChI is InChI=1S/C17H22N6O4S/c1-22-10-13(16(21-22)26-3)15-19-20-17(23(15)6-8-25-2)28-11-14(24)18-9-12-5-4-7-27-12/h4-5,7,10H,6,8-9,11H2,1-3H3,(H,18,24). The Morgan fingerprint density at radius 1 is 1.36 bits per heavy atom. The predicted molar refractivity (Wildman–Crippen MR) is 102 cm³/mol. The zero-order chi connectivity index (χ0) is 19.9. The molecule has 1 amide bonds. The first-order valence-corrected chi connectivity index (χ1v) is 9.53. The number of hydrogen-bond acceptors (Lipinski definition) is 8. The van der Waals surface area contributed by atoms with E-state index in [2.05, 4.69) is 20.6 Å². The fourth-order valence-electron chi connectivity index (χ4n) is 2.53. The SMILES string of the molecule is COCCn1c(SCC(=O)NCc2ccco2)nnc1-c1cn(C)nc1OC. The second-order valence-electron chi connectivity index (χ2n) is 5.82. The van der Waals surface area contributed by atoms with Crippen molar-refractivity contribution in [2.45, 2.75) is 18.2 Å². The Morgan fingerprint density at radius 3 is 2.93 bits per heavy atom. The van der Waals surface area contributed by atoms with E-state index in [9.17, 15) is 4.79 Å². The number of carbonyl (C=O) groups excluding carboxylic acids is 1. The summed E-state index contributed by atoms with van der Waals surface area (Å²) in [5.41, 5.74) is 0.725. The lowest BCUT2D eigenvalue weighted by atomic mass is 10.3. The molecule has 0 atom stereocenters. The Balaban J connectivity index is 1.71. The van der Waals surface area contributed by atoms with Crippen LogP contribution in [0, 0.1) is 0 Å². The third kappa shape index (κ3) is 4.73. The Hall–Kier alpha value is -2.79. The number of hydrogen-bond donors (Lipinski definition) is 1. The second kappa shape index (κ2) is 9.42. The number of nitrogens with zero attached hydrogens (tertiary/aromatic N) is 5. The van der Waals surface area contributed by atoms with Gasteiger partial charge in [-0.05, 0) is 12.1 Å². The summed E-state index contributed by atoms with van der Waals surface area (Å²) in [6, 6.07) is 3.59. The predicted octanol–water partition coefficient (Wildman–Crippen LogP) is 1.34. The van der Waals surface area contributed by atoms with Gasteiger partial charge in [-0.1, -0.05) is 11.8 Å². The molecule has 3 aromatic rings. The van der Waals surface area contributed by atoms with Gasteiger partial charge >= 0.3 is 0 Å². The number of aryl methyl sites for hydroxylation is 1. The summed E-state index contributed by atoms with van der Waals surface area (Å²) in [7, 11) is 4.99. The summed E-state index contributed by atoms with van der Waals surface area (Å²) in [6.07, 6.45) is 3.39. The van der Waals surface area contributed by atoms with E-state index in [1.807, 2.05) is 16.8 Å². The Kier molecular flexibility index (Phi) is 6.71. The van der Waals surface area contributed by atoms with Gasteiger partial charge in [0.1, 0.15) is 11.3 Å². The molecule has 10 nitrogen and oxygen atoms in total. The van der Waals surface area contributed by atoms with E-state index in [1.54, 1.807) is 38.3 Å². The Labute approximate surface area is 166 Å². The summed E-state index contributed by atoms with van der Waals surface area (Å²) in [4.78, 5) is 12.1. The van der Waals surface area contributed by atoms with Crippen molar-refractivity contribution in [3.63, 3.8) is 0 Å². The summed E-state index contributed by atoms with van der Waals surface area (Å²) in [5, 5.41) is 16.2. The maximum absolute atomic E-state index is 12.1. The highest BCUT2D eigenvalue weighted by Crippen LogP contribution is 2.29. The van der Waals surface area contributed by atoms with Crippen LogP contribution in [0.3, 0.4) is 0 Å². The van der Waals surface area contributed by atoms with Crippen LogP contribution in [0.1, 0.15) is 5.76 Å². The monoisotopic (exact) mass is 406 g/mol. The van der Waals surface area contributed by atoms with Gasteiger partial charge in [0.05, 0.1) is 38.8 Å². The van der Waals surface area contributed by atoms with Crippen molar-refractivity contribution in [1.82, 2.24) is 29.9 Å². The van der Waals surface area contributed by atoms with E-state index < -0.39 is 0 Å². The van der Waals surface area contributed by atoms with Gasteiger partial charge in [0, 0.05) is 20.4 Å². The van der Waals surface area contributed by atoms with E-state index in [-0.39, 0.29) is 11.7 Å². The van der Waals surface area contributed by atoms with Gasteiger partial charge in [0.25, 0.3) is 0 Å². The van der Waals surface area contributed by atoms with Crippen molar-refractivity contribution < 1.29 is 18.7 Å². The topological polar surface area (TPSA) is 109 Å². The average molecular weight is 406 g/mol. The van der Waals surface area contributed by atoms with E-state index in [4.69, 9.17) is 13.9 Å². The zero-order valence-corrected chi connectivity index (χ0v) is 16.7. The van der Waals surface area contributed by atoms with Crippen molar-refractivity contribution in [3.8, 4) is 17.3 Å². The average Bonchev–Trinajstić information content (AvgIpc) is 3.42. The molecule has 0 saturated heterocycles. The molecule has 0 bridgehead atoms. The molecule has 1 N–H and O–H groups in total. The maximum Gasteiger partial charge on any atom is 0.243 e. The van der Waals surface area contributed by atoms with Crippen molar-refractivity contribution in [1.29, 1.82) is 0 Å². The van der Waals surface area contributed by atoms with Gasteiger partial charge in [0.2, 0.25) is 11.8 Å². The fourth-order valence-corrected chi connectivity index (χ4v) is 3.33. The first-order chi connectivity index (χ1) is 13.6. The van der Waals surface area contributed by atoms with Gasteiger partial charge in [-0.2, -0.15) is 0 Å². The van der Waals surface area contributed by atoms with Crippen molar-refractivity contribution in [3.05, 3.63) is 30.4 Å². The lowest BCUT2D eigenvalue weighted by Gasteiger charge is -2.09. The van der Waals surface area contributed by atoms with Crippen LogP contribution in [0.15, 0.2) is 34.2 Å². The number of nitrogens with one attached hydrogen (secondary N) is 1. The molecule has 11 heteroatoms. The van der Waals surface area contributed by atoms with E-state index in [0.717, 1.165) is 5.56 Å². The molecule has 3 heterocycles. The van der Waals surface area contributed by atoms with Crippen LogP contribution in [0.25, 0.3) is 11.4 Å².